The smallest absolute Gasteiger partial charge is 0.167 e. The summed E-state index contributed by atoms with van der Waals surface area (Å²) in [6.45, 7) is 3.52. The third kappa shape index (κ3) is 3.30. The zero-order valence-electron chi connectivity index (χ0n) is 11.4. The molecular formula is C16H17ClFNO. The van der Waals surface area contributed by atoms with Gasteiger partial charge in [0.05, 0.1) is 0 Å². The van der Waals surface area contributed by atoms with Crippen LogP contribution >= 0.6 is 11.6 Å². The molecule has 0 saturated heterocycles. The summed E-state index contributed by atoms with van der Waals surface area (Å²) in [6, 6.07) is 12.0. The van der Waals surface area contributed by atoms with Gasteiger partial charge in [-0.2, -0.15) is 0 Å². The molecule has 106 valence electrons. The third-order valence-corrected chi connectivity index (χ3v) is 3.30. The summed E-state index contributed by atoms with van der Waals surface area (Å²) in [5.74, 6) is -0.160. The normalized spacial score (nSPS) is 13.8. The highest BCUT2D eigenvalue weighted by Crippen LogP contribution is 2.28. The summed E-state index contributed by atoms with van der Waals surface area (Å²) in [5, 5.41) is 0.599. The zero-order chi connectivity index (χ0) is 14.7. The number of ether oxygens (including phenoxy) is 1. The lowest BCUT2D eigenvalue weighted by atomic mass is 10.0. The summed E-state index contributed by atoms with van der Waals surface area (Å²) < 4.78 is 19.8. The van der Waals surface area contributed by atoms with Crippen LogP contribution < -0.4 is 10.5 Å². The van der Waals surface area contributed by atoms with Crippen LogP contribution in [0.3, 0.4) is 0 Å². The van der Waals surface area contributed by atoms with Crippen molar-refractivity contribution in [3.63, 3.8) is 0 Å². The van der Waals surface area contributed by atoms with E-state index in [0.29, 0.717) is 10.6 Å². The summed E-state index contributed by atoms with van der Waals surface area (Å²) in [4.78, 5) is 0. The summed E-state index contributed by atoms with van der Waals surface area (Å²) in [5.41, 5.74) is 7.33. The molecule has 2 aromatic carbocycles. The predicted molar refractivity (Wildman–Crippen MR) is 79.6 cm³/mol. The van der Waals surface area contributed by atoms with Gasteiger partial charge in [0.2, 0.25) is 0 Å². The van der Waals surface area contributed by atoms with Crippen molar-refractivity contribution < 1.29 is 9.13 Å². The Labute approximate surface area is 123 Å². The van der Waals surface area contributed by atoms with Crippen molar-refractivity contribution in [2.75, 3.05) is 0 Å². The highest BCUT2D eigenvalue weighted by atomic mass is 35.5. The highest BCUT2D eigenvalue weighted by molar-refractivity contribution is 6.30. The van der Waals surface area contributed by atoms with Gasteiger partial charge in [-0.1, -0.05) is 35.9 Å². The maximum Gasteiger partial charge on any atom is 0.167 e. The molecule has 2 aromatic rings. The molecule has 0 aliphatic rings. The minimum Gasteiger partial charge on any atom is -0.481 e. The SMILES string of the molecule is Cc1cccc(OC(c2cccc(Cl)c2)C(C)N)c1F. The molecule has 20 heavy (non-hydrogen) atoms. The minimum absolute atomic E-state index is 0.201. The molecule has 0 amide bonds. The van der Waals surface area contributed by atoms with Crippen LogP contribution in [0.25, 0.3) is 0 Å². The third-order valence-electron chi connectivity index (χ3n) is 3.07. The van der Waals surface area contributed by atoms with E-state index in [1.807, 2.05) is 19.1 Å². The van der Waals surface area contributed by atoms with Gasteiger partial charge in [-0.3, -0.25) is 0 Å². The Morgan fingerprint density at radius 3 is 2.55 bits per heavy atom. The molecule has 0 saturated carbocycles. The maximum atomic E-state index is 14.0. The summed E-state index contributed by atoms with van der Waals surface area (Å²) in [7, 11) is 0. The van der Waals surface area contributed by atoms with Gasteiger partial charge >= 0.3 is 0 Å². The number of rotatable bonds is 4. The van der Waals surface area contributed by atoms with Gasteiger partial charge in [-0.25, -0.2) is 4.39 Å². The van der Waals surface area contributed by atoms with E-state index in [4.69, 9.17) is 22.1 Å². The summed E-state index contributed by atoms with van der Waals surface area (Å²) in [6.07, 6.45) is -0.454. The Hall–Kier alpha value is -1.58. The van der Waals surface area contributed by atoms with Crippen molar-refractivity contribution in [3.05, 3.63) is 64.4 Å². The zero-order valence-corrected chi connectivity index (χ0v) is 12.2. The molecule has 0 aliphatic carbocycles. The molecule has 0 heterocycles. The molecule has 2 N–H and O–H groups in total. The maximum absolute atomic E-state index is 14.0. The number of halogens is 2. The van der Waals surface area contributed by atoms with Crippen LogP contribution in [-0.4, -0.2) is 6.04 Å². The van der Waals surface area contributed by atoms with Crippen LogP contribution in [0.4, 0.5) is 4.39 Å². The molecule has 0 radical (unpaired) electrons. The topological polar surface area (TPSA) is 35.2 Å². The van der Waals surface area contributed by atoms with Gasteiger partial charge in [0.25, 0.3) is 0 Å². The Balaban J connectivity index is 2.33. The number of nitrogens with two attached hydrogens (primary N) is 1. The van der Waals surface area contributed by atoms with E-state index < -0.39 is 6.10 Å². The van der Waals surface area contributed by atoms with Crippen LogP contribution in [0, 0.1) is 12.7 Å². The van der Waals surface area contributed by atoms with E-state index in [2.05, 4.69) is 0 Å². The highest BCUT2D eigenvalue weighted by Gasteiger charge is 2.20. The van der Waals surface area contributed by atoms with Crippen LogP contribution in [0.5, 0.6) is 5.75 Å². The second kappa shape index (κ2) is 6.25. The van der Waals surface area contributed by atoms with Gasteiger partial charge in [-0.05, 0) is 43.2 Å². The van der Waals surface area contributed by atoms with Gasteiger partial charge in [0.1, 0.15) is 6.10 Å². The number of hydrogen-bond donors (Lipinski definition) is 1. The largest absolute Gasteiger partial charge is 0.481 e. The Kier molecular flexibility index (Phi) is 4.63. The van der Waals surface area contributed by atoms with Gasteiger partial charge in [-0.15, -0.1) is 0 Å². The molecule has 0 aliphatic heterocycles. The average Bonchev–Trinajstić information content (AvgIpc) is 2.40. The van der Waals surface area contributed by atoms with Crippen molar-refractivity contribution in [1.82, 2.24) is 0 Å². The molecule has 0 fully saturated rings. The Bertz CT molecular complexity index is 601. The number of benzene rings is 2. The van der Waals surface area contributed by atoms with Crippen LogP contribution in [0.15, 0.2) is 42.5 Å². The first-order valence-electron chi connectivity index (χ1n) is 6.42. The van der Waals surface area contributed by atoms with E-state index in [9.17, 15) is 4.39 Å². The molecule has 2 rings (SSSR count). The molecule has 4 heteroatoms. The monoisotopic (exact) mass is 293 g/mol. The van der Waals surface area contributed by atoms with E-state index in [0.717, 1.165) is 5.56 Å². The average molecular weight is 294 g/mol. The Morgan fingerprint density at radius 2 is 1.90 bits per heavy atom. The second-order valence-corrected chi connectivity index (χ2v) is 5.28. The lowest BCUT2D eigenvalue weighted by Crippen LogP contribution is -2.29. The van der Waals surface area contributed by atoms with E-state index in [-0.39, 0.29) is 17.6 Å². The predicted octanol–water partition coefficient (Wildman–Crippen LogP) is 4.25. The minimum atomic E-state index is -0.454. The number of hydrogen-bond acceptors (Lipinski definition) is 2. The van der Waals surface area contributed by atoms with Crippen molar-refractivity contribution >= 4 is 11.6 Å². The van der Waals surface area contributed by atoms with Crippen molar-refractivity contribution in [3.8, 4) is 5.75 Å². The van der Waals surface area contributed by atoms with Crippen LogP contribution in [0.1, 0.15) is 24.2 Å². The fourth-order valence-corrected chi connectivity index (χ4v) is 2.21. The van der Waals surface area contributed by atoms with Crippen LogP contribution in [0.2, 0.25) is 5.02 Å². The standard InChI is InChI=1S/C16H17ClFNO/c1-10-5-3-8-14(15(10)18)20-16(11(2)19)12-6-4-7-13(17)9-12/h3-9,11,16H,19H2,1-2H3. The molecular weight excluding hydrogens is 277 g/mol. The van der Waals surface area contributed by atoms with Crippen molar-refractivity contribution in [2.24, 2.45) is 5.73 Å². The van der Waals surface area contributed by atoms with Crippen LogP contribution in [-0.2, 0) is 0 Å². The Morgan fingerprint density at radius 1 is 1.20 bits per heavy atom. The second-order valence-electron chi connectivity index (χ2n) is 4.84. The molecule has 0 spiro atoms. The van der Waals surface area contributed by atoms with E-state index >= 15 is 0 Å². The molecule has 2 nitrogen and oxygen atoms in total. The van der Waals surface area contributed by atoms with Gasteiger partial charge in [0, 0.05) is 11.1 Å². The number of aryl methyl sites for hydroxylation is 1. The van der Waals surface area contributed by atoms with Crippen molar-refractivity contribution in [2.45, 2.75) is 26.0 Å². The van der Waals surface area contributed by atoms with Crippen molar-refractivity contribution in [1.29, 1.82) is 0 Å². The molecule has 0 aromatic heterocycles. The lowest BCUT2D eigenvalue weighted by molar-refractivity contribution is 0.172. The fraction of sp³-hybridized carbons (Fsp3) is 0.250. The quantitative estimate of drug-likeness (QED) is 0.914. The van der Waals surface area contributed by atoms with E-state index in [1.165, 1.54) is 0 Å². The van der Waals surface area contributed by atoms with Gasteiger partial charge in [0.15, 0.2) is 11.6 Å². The molecule has 2 unspecified atom stereocenters. The fourth-order valence-electron chi connectivity index (χ4n) is 2.01. The first-order chi connectivity index (χ1) is 9.49. The first kappa shape index (κ1) is 14.8. The lowest BCUT2D eigenvalue weighted by Gasteiger charge is -2.23. The summed E-state index contributed by atoms with van der Waals surface area (Å²) >= 11 is 5.98. The van der Waals surface area contributed by atoms with E-state index in [1.54, 1.807) is 37.3 Å². The first-order valence-corrected chi connectivity index (χ1v) is 6.79. The van der Waals surface area contributed by atoms with Gasteiger partial charge < -0.3 is 10.5 Å². The molecule has 0 bridgehead atoms. The molecule has 2 atom stereocenters.